The highest BCUT2D eigenvalue weighted by Gasteiger charge is 2.25. The van der Waals surface area contributed by atoms with Gasteiger partial charge in [-0.2, -0.15) is 4.72 Å². The van der Waals surface area contributed by atoms with Gasteiger partial charge in [0, 0.05) is 0 Å². The predicted molar refractivity (Wildman–Crippen MR) is 88.7 cm³/mol. The first-order valence-electron chi connectivity index (χ1n) is 7.26. The quantitative estimate of drug-likeness (QED) is 0.773. The number of carbonyl (C=O) groups excluding carboxylic acids is 1. The standard InChI is InChI=1S/C14H17FN4O3S2/c1-3-11(13(20)16-14-18-17-12(4-2)23-14)19-24(21,22)10-7-5-9(15)6-8-10/h5-8,11,19H,3-4H2,1-2H3,(H,16,18,20). The van der Waals surface area contributed by atoms with Gasteiger partial charge < -0.3 is 0 Å². The number of nitrogens with zero attached hydrogens (tertiary/aromatic N) is 2. The lowest BCUT2D eigenvalue weighted by Gasteiger charge is -2.16. The molecule has 0 saturated carbocycles. The van der Waals surface area contributed by atoms with E-state index >= 15 is 0 Å². The van der Waals surface area contributed by atoms with E-state index in [1.54, 1.807) is 6.92 Å². The van der Waals surface area contributed by atoms with Gasteiger partial charge in [0.15, 0.2) is 0 Å². The highest BCUT2D eigenvalue weighted by molar-refractivity contribution is 7.89. The minimum Gasteiger partial charge on any atom is -0.299 e. The number of carbonyl (C=O) groups is 1. The number of sulfonamides is 1. The minimum atomic E-state index is -3.94. The summed E-state index contributed by atoms with van der Waals surface area (Å²) < 4.78 is 39.8. The molecule has 1 aromatic heterocycles. The van der Waals surface area contributed by atoms with Crippen molar-refractivity contribution in [3.8, 4) is 0 Å². The van der Waals surface area contributed by atoms with Gasteiger partial charge in [0.25, 0.3) is 0 Å². The first-order valence-corrected chi connectivity index (χ1v) is 9.56. The molecule has 1 unspecified atom stereocenters. The first kappa shape index (κ1) is 18.4. The Bertz CT molecular complexity index is 806. The molecule has 0 saturated heterocycles. The third kappa shape index (κ3) is 4.56. The molecule has 2 N–H and O–H groups in total. The second-order valence-electron chi connectivity index (χ2n) is 4.88. The van der Waals surface area contributed by atoms with Crippen molar-refractivity contribution < 1.29 is 17.6 Å². The first-order chi connectivity index (χ1) is 11.4. The smallest absolute Gasteiger partial charge is 0.244 e. The molecule has 24 heavy (non-hydrogen) atoms. The van der Waals surface area contributed by atoms with Crippen molar-refractivity contribution in [1.29, 1.82) is 0 Å². The third-order valence-electron chi connectivity index (χ3n) is 3.15. The maximum atomic E-state index is 12.9. The number of nitrogens with one attached hydrogen (secondary N) is 2. The number of rotatable bonds is 7. The van der Waals surface area contributed by atoms with E-state index in [1.807, 2.05) is 6.92 Å². The fraction of sp³-hybridized carbons (Fsp3) is 0.357. The van der Waals surface area contributed by atoms with E-state index in [-0.39, 0.29) is 11.3 Å². The fourth-order valence-corrected chi connectivity index (χ4v) is 3.79. The molecule has 130 valence electrons. The van der Waals surface area contributed by atoms with E-state index in [0.29, 0.717) is 11.6 Å². The van der Waals surface area contributed by atoms with E-state index in [4.69, 9.17) is 0 Å². The Morgan fingerprint density at radius 1 is 1.25 bits per heavy atom. The van der Waals surface area contributed by atoms with E-state index in [9.17, 15) is 17.6 Å². The Balaban J connectivity index is 2.09. The van der Waals surface area contributed by atoms with E-state index in [0.717, 1.165) is 29.3 Å². The van der Waals surface area contributed by atoms with Crippen molar-refractivity contribution in [2.45, 2.75) is 37.6 Å². The summed E-state index contributed by atoms with van der Waals surface area (Å²) in [4.78, 5) is 12.1. The Morgan fingerprint density at radius 2 is 1.92 bits per heavy atom. The van der Waals surface area contributed by atoms with Gasteiger partial charge in [-0.1, -0.05) is 25.2 Å². The van der Waals surface area contributed by atoms with Crippen molar-refractivity contribution in [2.24, 2.45) is 0 Å². The number of hydrogen-bond donors (Lipinski definition) is 2. The van der Waals surface area contributed by atoms with Crippen LogP contribution in [0.4, 0.5) is 9.52 Å². The van der Waals surface area contributed by atoms with Crippen molar-refractivity contribution in [3.05, 3.63) is 35.1 Å². The molecule has 0 aliphatic rings. The molecule has 0 aliphatic carbocycles. The second-order valence-corrected chi connectivity index (χ2v) is 7.66. The summed E-state index contributed by atoms with van der Waals surface area (Å²) in [5.74, 6) is -1.07. The van der Waals surface area contributed by atoms with Crippen LogP contribution in [-0.2, 0) is 21.2 Å². The normalized spacial score (nSPS) is 12.8. The number of aryl methyl sites for hydroxylation is 1. The Kier molecular flexibility index (Phi) is 5.97. The second kappa shape index (κ2) is 7.77. The lowest BCUT2D eigenvalue weighted by molar-refractivity contribution is -0.117. The van der Waals surface area contributed by atoms with E-state index in [1.165, 1.54) is 11.3 Å². The summed E-state index contributed by atoms with van der Waals surface area (Å²) >= 11 is 1.23. The van der Waals surface area contributed by atoms with Crippen molar-refractivity contribution in [1.82, 2.24) is 14.9 Å². The average molecular weight is 372 g/mol. The van der Waals surface area contributed by atoms with Gasteiger partial charge in [-0.25, -0.2) is 12.8 Å². The van der Waals surface area contributed by atoms with Gasteiger partial charge in [-0.3, -0.25) is 10.1 Å². The summed E-state index contributed by atoms with van der Waals surface area (Å²) in [6.45, 7) is 3.59. The summed E-state index contributed by atoms with van der Waals surface area (Å²) in [6.07, 6.45) is 0.938. The monoisotopic (exact) mass is 372 g/mol. The molecule has 2 aromatic rings. The van der Waals surface area contributed by atoms with Gasteiger partial charge in [0.2, 0.25) is 21.1 Å². The van der Waals surface area contributed by atoms with Crippen LogP contribution in [-0.4, -0.2) is 30.6 Å². The number of anilines is 1. The van der Waals surface area contributed by atoms with Crippen LogP contribution in [0, 0.1) is 5.82 Å². The summed E-state index contributed by atoms with van der Waals surface area (Å²) in [5, 5.41) is 11.3. The van der Waals surface area contributed by atoms with E-state index in [2.05, 4.69) is 20.2 Å². The number of amides is 1. The SMILES string of the molecule is CCc1nnc(NC(=O)C(CC)NS(=O)(=O)c2ccc(F)cc2)s1. The Labute approximate surface area is 143 Å². The lowest BCUT2D eigenvalue weighted by atomic mass is 10.2. The van der Waals surface area contributed by atoms with Crippen LogP contribution in [0.25, 0.3) is 0 Å². The van der Waals surface area contributed by atoms with Crippen LogP contribution in [0.5, 0.6) is 0 Å². The number of halogens is 1. The summed E-state index contributed by atoms with van der Waals surface area (Å²) in [6, 6.07) is 3.39. The molecular formula is C14H17FN4O3S2. The van der Waals surface area contributed by atoms with E-state index < -0.39 is 27.8 Å². The molecule has 0 bridgehead atoms. The fourth-order valence-electron chi connectivity index (χ4n) is 1.83. The molecule has 0 spiro atoms. The predicted octanol–water partition coefficient (Wildman–Crippen LogP) is 1.94. The van der Waals surface area contributed by atoms with Crippen LogP contribution in [0.3, 0.4) is 0 Å². The number of hydrogen-bond acceptors (Lipinski definition) is 6. The van der Waals surface area contributed by atoms with Crippen LogP contribution in [0.2, 0.25) is 0 Å². The van der Waals surface area contributed by atoms with Crippen molar-refractivity contribution in [2.75, 3.05) is 5.32 Å². The van der Waals surface area contributed by atoms with Gasteiger partial charge >= 0.3 is 0 Å². The maximum absolute atomic E-state index is 12.9. The van der Waals surface area contributed by atoms with Crippen LogP contribution < -0.4 is 10.0 Å². The highest BCUT2D eigenvalue weighted by Crippen LogP contribution is 2.16. The zero-order valence-electron chi connectivity index (χ0n) is 13.1. The Hall–Kier alpha value is -1.91. The lowest BCUT2D eigenvalue weighted by Crippen LogP contribution is -2.43. The topological polar surface area (TPSA) is 101 Å². The van der Waals surface area contributed by atoms with Gasteiger partial charge in [0.05, 0.1) is 4.90 Å². The van der Waals surface area contributed by atoms with Gasteiger partial charge in [-0.15, -0.1) is 10.2 Å². The largest absolute Gasteiger partial charge is 0.299 e. The zero-order valence-corrected chi connectivity index (χ0v) is 14.7. The highest BCUT2D eigenvalue weighted by atomic mass is 32.2. The molecule has 0 fully saturated rings. The molecule has 0 aliphatic heterocycles. The minimum absolute atomic E-state index is 0.112. The molecule has 1 heterocycles. The van der Waals surface area contributed by atoms with Crippen molar-refractivity contribution in [3.63, 3.8) is 0 Å². The number of aromatic nitrogens is 2. The molecule has 7 nitrogen and oxygen atoms in total. The summed E-state index contributed by atoms with van der Waals surface area (Å²) in [5.41, 5.74) is 0. The summed E-state index contributed by atoms with van der Waals surface area (Å²) in [7, 11) is -3.94. The maximum Gasteiger partial charge on any atom is 0.244 e. The third-order valence-corrected chi connectivity index (χ3v) is 5.62. The van der Waals surface area contributed by atoms with Gasteiger partial charge in [-0.05, 0) is 37.1 Å². The van der Waals surface area contributed by atoms with Crippen LogP contribution >= 0.6 is 11.3 Å². The number of benzene rings is 1. The molecule has 1 aromatic carbocycles. The average Bonchev–Trinajstić information content (AvgIpc) is 3.00. The molecule has 1 amide bonds. The molecule has 10 heteroatoms. The zero-order chi connectivity index (χ0) is 17.7. The Morgan fingerprint density at radius 3 is 2.46 bits per heavy atom. The van der Waals surface area contributed by atoms with Crippen LogP contribution in [0.15, 0.2) is 29.2 Å². The molecule has 2 rings (SSSR count). The van der Waals surface area contributed by atoms with Gasteiger partial charge in [0.1, 0.15) is 16.9 Å². The molecule has 1 atom stereocenters. The van der Waals surface area contributed by atoms with Crippen LogP contribution in [0.1, 0.15) is 25.3 Å². The molecule has 0 radical (unpaired) electrons. The molecular weight excluding hydrogens is 355 g/mol. The van der Waals surface area contributed by atoms with Crippen molar-refractivity contribution >= 4 is 32.4 Å².